The second kappa shape index (κ2) is 6.69. The molecule has 2 amide bonds. The van der Waals surface area contributed by atoms with Crippen molar-refractivity contribution in [3.05, 3.63) is 34.3 Å². The third kappa shape index (κ3) is 4.47. The van der Waals surface area contributed by atoms with Crippen LogP contribution in [0.5, 0.6) is 0 Å². The lowest BCUT2D eigenvalue weighted by atomic mass is 10.2. The molecule has 1 aliphatic heterocycles. The van der Waals surface area contributed by atoms with Crippen LogP contribution in [-0.4, -0.2) is 53.6 Å². The third-order valence-electron chi connectivity index (χ3n) is 3.29. The van der Waals surface area contributed by atoms with Crippen LogP contribution in [0.15, 0.2) is 28.7 Å². The zero-order valence-corrected chi connectivity index (χ0v) is 14.7. The molecule has 0 radical (unpaired) electrons. The van der Waals surface area contributed by atoms with E-state index in [9.17, 15) is 9.59 Å². The Morgan fingerprint density at radius 3 is 2.23 bits per heavy atom. The van der Waals surface area contributed by atoms with Gasteiger partial charge in [0.25, 0.3) is 5.91 Å². The number of amides is 2. The molecule has 0 spiro atoms. The minimum atomic E-state index is -0.500. The molecule has 22 heavy (non-hydrogen) atoms. The van der Waals surface area contributed by atoms with Crippen LogP contribution in [0.4, 0.5) is 4.79 Å². The van der Waals surface area contributed by atoms with Crippen molar-refractivity contribution in [3.8, 4) is 0 Å². The molecule has 0 unspecified atom stereocenters. The number of nitrogens with zero attached hydrogens (tertiary/aromatic N) is 2. The molecule has 120 valence electrons. The van der Waals surface area contributed by atoms with Gasteiger partial charge in [-0.15, -0.1) is 0 Å². The molecule has 1 aliphatic rings. The van der Waals surface area contributed by atoms with Gasteiger partial charge in [0.15, 0.2) is 0 Å². The fourth-order valence-electron chi connectivity index (χ4n) is 2.22. The van der Waals surface area contributed by atoms with E-state index in [0.29, 0.717) is 31.7 Å². The Kier molecular flexibility index (Phi) is 5.11. The zero-order chi connectivity index (χ0) is 16.3. The smallest absolute Gasteiger partial charge is 0.410 e. The maximum absolute atomic E-state index is 12.4. The first kappa shape index (κ1) is 16.8. The summed E-state index contributed by atoms with van der Waals surface area (Å²) < 4.78 is 6.23. The molecule has 0 aliphatic carbocycles. The summed E-state index contributed by atoms with van der Waals surface area (Å²) in [5.74, 6) is -0.00913. The van der Waals surface area contributed by atoms with Gasteiger partial charge in [0.2, 0.25) is 0 Å². The van der Waals surface area contributed by atoms with Gasteiger partial charge in [-0.25, -0.2) is 4.79 Å². The number of benzene rings is 1. The third-order valence-corrected chi connectivity index (χ3v) is 3.78. The first-order valence-electron chi connectivity index (χ1n) is 7.29. The Balaban J connectivity index is 1.92. The summed E-state index contributed by atoms with van der Waals surface area (Å²) in [6, 6.07) is 7.33. The van der Waals surface area contributed by atoms with Crippen LogP contribution in [0.2, 0.25) is 0 Å². The lowest BCUT2D eigenvalue weighted by molar-refractivity contribution is 0.0141. The number of carbonyl (C=O) groups is 2. The number of ether oxygens (including phenoxy) is 1. The van der Waals surface area contributed by atoms with Crippen molar-refractivity contribution in [1.29, 1.82) is 0 Å². The first-order chi connectivity index (χ1) is 10.3. The van der Waals surface area contributed by atoms with Crippen molar-refractivity contribution in [3.63, 3.8) is 0 Å². The minimum Gasteiger partial charge on any atom is -0.444 e. The van der Waals surface area contributed by atoms with E-state index in [1.54, 1.807) is 15.9 Å². The van der Waals surface area contributed by atoms with Gasteiger partial charge in [-0.2, -0.15) is 0 Å². The van der Waals surface area contributed by atoms with Gasteiger partial charge >= 0.3 is 6.09 Å². The second-order valence-electron chi connectivity index (χ2n) is 6.27. The summed E-state index contributed by atoms with van der Waals surface area (Å²) in [5, 5.41) is 0. The largest absolute Gasteiger partial charge is 0.444 e. The van der Waals surface area contributed by atoms with Crippen LogP contribution in [0.3, 0.4) is 0 Å². The van der Waals surface area contributed by atoms with Crippen molar-refractivity contribution < 1.29 is 14.3 Å². The molecule has 0 bridgehead atoms. The fraction of sp³-hybridized carbons (Fsp3) is 0.500. The molecule has 1 fully saturated rings. The highest BCUT2D eigenvalue weighted by molar-refractivity contribution is 9.10. The van der Waals surface area contributed by atoms with E-state index in [1.807, 2.05) is 39.0 Å². The quantitative estimate of drug-likeness (QED) is 0.764. The van der Waals surface area contributed by atoms with Gasteiger partial charge in [0.1, 0.15) is 5.60 Å². The molecule has 1 aromatic rings. The molecule has 0 atom stereocenters. The standard InChI is InChI=1S/C16H21BrN2O3/c1-16(2,3)22-15(21)19-9-7-18(8-10-19)14(20)12-5-4-6-13(17)11-12/h4-6,11H,7-10H2,1-3H3. The second-order valence-corrected chi connectivity index (χ2v) is 7.19. The lowest BCUT2D eigenvalue weighted by Crippen LogP contribution is -2.51. The van der Waals surface area contributed by atoms with Gasteiger partial charge in [-0.1, -0.05) is 22.0 Å². The van der Waals surface area contributed by atoms with Gasteiger partial charge in [-0.3, -0.25) is 4.79 Å². The van der Waals surface area contributed by atoms with Crippen LogP contribution in [-0.2, 0) is 4.74 Å². The average Bonchev–Trinajstić information content (AvgIpc) is 2.45. The van der Waals surface area contributed by atoms with Gasteiger partial charge in [0, 0.05) is 36.2 Å². The molecule has 0 saturated carbocycles. The molecule has 2 rings (SSSR count). The SMILES string of the molecule is CC(C)(C)OC(=O)N1CCN(C(=O)c2cccc(Br)c2)CC1. The zero-order valence-electron chi connectivity index (χ0n) is 13.1. The predicted molar refractivity (Wildman–Crippen MR) is 87.9 cm³/mol. The minimum absolute atomic E-state index is 0.00913. The summed E-state index contributed by atoms with van der Waals surface area (Å²) in [5.41, 5.74) is 0.153. The van der Waals surface area contributed by atoms with Gasteiger partial charge in [0.05, 0.1) is 0 Å². The number of hydrogen-bond acceptors (Lipinski definition) is 3. The van der Waals surface area contributed by atoms with Crippen LogP contribution >= 0.6 is 15.9 Å². The van der Waals surface area contributed by atoms with Crippen molar-refractivity contribution in [1.82, 2.24) is 9.80 Å². The van der Waals surface area contributed by atoms with E-state index >= 15 is 0 Å². The van der Waals surface area contributed by atoms with Crippen molar-refractivity contribution in [2.75, 3.05) is 26.2 Å². The van der Waals surface area contributed by atoms with Crippen LogP contribution in [0.25, 0.3) is 0 Å². The number of carbonyl (C=O) groups excluding carboxylic acids is 2. The summed E-state index contributed by atoms with van der Waals surface area (Å²) in [7, 11) is 0. The molecular formula is C16H21BrN2O3. The molecule has 0 N–H and O–H groups in total. The topological polar surface area (TPSA) is 49.9 Å². The van der Waals surface area contributed by atoms with E-state index in [2.05, 4.69) is 15.9 Å². The number of rotatable bonds is 1. The highest BCUT2D eigenvalue weighted by Gasteiger charge is 2.28. The molecule has 0 aromatic heterocycles. The molecule has 1 aromatic carbocycles. The lowest BCUT2D eigenvalue weighted by Gasteiger charge is -2.35. The number of hydrogen-bond donors (Lipinski definition) is 0. The van der Waals surface area contributed by atoms with E-state index in [0.717, 1.165) is 4.47 Å². The monoisotopic (exact) mass is 368 g/mol. The maximum atomic E-state index is 12.4. The summed E-state index contributed by atoms with van der Waals surface area (Å²) >= 11 is 3.37. The Morgan fingerprint density at radius 2 is 1.68 bits per heavy atom. The van der Waals surface area contributed by atoms with Crippen molar-refractivity contribution >= 4 is 27.9 Å². The van der Waals surface area contributed by atoms with Gasteiger partial charge in [-0.05, 0) is 39.0 Å². The number of halogens is 1. The Hall–Kier alpha value is -1.56. The summed E-state index contributed by atoms with van der Waals surface area (Å²) in [6.45, 7) is 7.56. The summed E-state index contributed by atoms with van der Waals surface area (Å²) in [4.78, 5) is 27.8. The van der Waals surface area contributed by atoms with Crippen molar-refractivity contribution in [2.24, 2.45) is 0 Å². The predicted octanol–water partition coefficient (Wildman–Crippen LogP) is 3.14. The van der Waals surface area contributed by atoms with E-state index in [4.69, 9.17) is 4.74 Å². The maximum Gasteiger partial charge on any atom is 0.410 e. The number of piperazine rings is 1. The average molecular weight is 369 g/mol. The highest BCUT2D eigenvalue weighted by atomic mass is 79.9. The molecule has 6 heteroatoms. The summed E-state index contributed by atoms with van der Waals surface area (Å²) in [6.07, 6.45) is -0.318. The van der Waals surface area contributed by atoms with Crippen molar-refractivity contribution in [2.45, 2.75) is 26.4 Å². The Labute approximate surface area is 139 Å². The highest BCUT2D eigenvalue weighted by Crippen LogP contribution is 2.16. The molecule has 5 nitrogen and oxygen atoms in total. The Morgan fingerprint density at radius 1 is 1.09 bits per heavy atom. The van der Waals surface area contributed by atoms with Crippen LogP contribution < -0.4 is 0 Å². The van der Waals surface area contributed by atoms with E-state index in [-0.39, 0.29) is 12.0 Å². The van der Waals surface area contributed by atoms with Gasteiger partial charge < -0.3 is 14.5 Å². The molecule has 1 saturated heterocycles. The molecule has 1 heterocycles. The normalized spacial score (nSPS) is 15.6. The van der Waals surface area contributed by atoms with Crippen LogP contribution in [0, 0.1) is 0 Å². The fourth-order valence-corrected chi connectivity index (χ4v) is 2.62. The van der Waals surface area contributed by atoms with Crippen LogP contribution in [0.1, 0.15) is 31.1 Å². The molecular weight excluding hydrogens is 348 g/mol. The van der Waals surface area contributed by atoms with E-state index < -0.39 is 5.60 Å². The first-order valence-corrected chi connectivity index (χ1v) is 8.08. The Bertz CT molecular complexity index is 561. The van der Waals surface area contributed by atoms with E-state index in [1.165, 1.54) is 0 Å².